The Morgan fingerprint density at radius 3 is 2.20 bits per heavy atom. The Balaban J connectivity index is 2.85. The van der Waals surface area contributed by atoms with Crippen LogP contribution in [0.2, 0.25) is 0 Å². The summed E-state index contributed by atoms with van der Waals surface area (Å²) in [6.45, 7) is 3.53. The molecule has 0 saturated carbocycles. The molecule has 0 bridgehead atoms. The van der Waals surface area contributed by atoms with Crippen LogP contribution in [-0.4, -0.2) is 5.78 Å². The van der Waals surface area contributed by atoms with E-state index in [0.717, 1.165) is 6.07 Å². The van der Waals surface area contributed by atoms with Crippen molar-refractivity contribution in [2.24, 2.45) is 5.92 Å². The predicted octanol–water partition coefficient (Wildman–Crippen LogP) is 3.20. The second-order valence-corrected chi connectivity index (χ2v) is 3.59. The van der Waals surface area contributed by atoms with E-state index in [1.54, 1.807) is 13.8 Å². The molecule has 0 aliphatic heterocycles. The molecule has 1 rings (SSSR count). The summed E-state index contributed by atoms with van der Waals surface area (Å²) >= 11 is 0. The smallest absolute Gasteiger partial charge is 0.158 e. The van der Waals surface area contributed by atoms with E-state index in [2.05, 4.69) is 0 Å². The van der Waals surface area contributed by atoms with E-state index >= 15 is 0 Å². The fourth-order valence-corrected chi connectivity index (χ4v) is 1.04. The van der Waals surface area contributed by atoms with Crippen LogP contribution in [0.1, 0.15) is 19.4 Å². The van der Waals surface area contributed by atoms with Crippen molar-refractivity contribution in [1.82, 2.24) is 0 Å². The molecule has 0 unspecified atom stereocenters. The van der Waals surface area contributed by atoms with Crippen molar-refractivity contribution in [3.63, 3.8) is 0 Å². The molecular formula is C12H12F2O. The summed E-state index contributed by atoms with van der Waals surface area (Å²) in [6, 6.07) is 3.14. The third-order valence-electron chi connectivity index (χ3n) is 1.89. The number of rotatable bonds is 3. The summed E-state index contributed by atoms with van der Waals surface area (Å²) in [7, 11) is 0. The van der Waals surface area contributed by atoms with Gasteiger partial charge in [-0.25, -0.2) is 8.78 Å². The monoisotopic (exact) mass is 210 g/mol. The van der Waals surface area contributed by atoms with Crippen LogP contribution < -0.4 is 0 Å². The number of carbonyl (C=O) groups excluding carboxylic acids is 1. The summed E-state index contributed by atoms with van der Waals surface area (Å²) in [5, 5.41) is 0. The van der Waals surface area contributed by atoms with Crippen LogP contribution in [0.15, 0.2) is 24.3 Å². The van der Waals surface area contributed by atoms with E-state index in [9.17, 15) is 13.6 Å². The van der Waals surface area contributed by atoms with E-state index in [0.29, 0.717) is 5.56 Å². The molecule has 0 heterocycles. The summed E-state index contributed by atoms with van der Waals surface area (Å²) in [5.41, 5.74) is 0.349. The molecule has 1 aromatic rings. The molecular weight excluding hydrogens is 198 g/mol. The molecule has 0 radical (unpaired) electrons. The van der Waals surface area contributed by atoms with Crippen LogP contribution in [0, 0.1) is 17.6 Å². The van der Waals surface area contributed by atoms with Gasteiger partial charge < -0.3 is 0 Å². The Hall–Kier alpha value is -1.51. The molecule has 1 aromatic carbocycles. The van der Waals surface area contributed by atoms with Gasteiger partial charge in [0.25, 0.3) is 0 Å². The van der Waals surface area contributed by atoms with Crippen molar-refractivity contribution in [3.05, 3.63) is 41.5 Å². The lowest BCUT2D eigenvalue weighted by Crippen LogP contribution is -2.01. The predicted molar refractivity (Wildman–Crippen MR) is 55.2 cm³/mol. The zero-order chi connectivity index (χ0) is 11.4. The average molecular weight is 210 g/mol. The number of ketones is 1. The topological polar surface area (TPSA) is 17.1 Å². The lowest BCUT2D eigenvalue weighted by atomic mass is 10.1. The van der Waals surface area contributed by atoms with Gasteiger partial charge in [-0.05, 0) is 23.8 Å². The molecule has 0 aliphatic rings. The van der Waals surface area contributed by atoms with Gasteiger partial charge in [0.2, 0.25) is 0 Å². The van der Waals surface area contributed by atoms with Gasteiger partial charge in [-0.15, -0.1) is 0 Å². The van der Waals surface area contributed by atoms with E-state index in [1.807, 2.05) is 0 Å². The maximum atomic E-state index is 12.8. The third kappa shape index (κ3) is 3.62. The second-order valence-electron chi connectivity index (χ2n) is 3.59. The number of benzene rings is 1. The minimum atomic E-state index is -0.647. The summed E-state index contributed by atoms with van der Waals surface area (Å²) < 4.78 is 25.5. The van der Waals surface area contributed by atoms with Crippen LogP contribution in [0.3, 0.4) is 0 Å². The van der Waals surface area contributed by atoms with E-state index < -0.39 is 11.6 Å². The highest BCUT2D eigenvalue weighted by Crippen LogP contribution is 2.10. The first-order valence-electron chi connectivity index (χ1n) is 4.67. The Morgan fingerprint density at radius 2 is 1.73 bits per heavy atom. The molecule has 0 spiro atoms. The van der Waals surface area contributed by atoms with Gasteiger partial charge in [-0.1, -0.05) is 19.9 Å². The highest BCUT2D eigenvalue weighted by molar-refractivity contribution is 5.94. The Kier molecular flexibility index (Phi) is 3.72. The van der Waals surface area contributed by atoms with Crippen molar-refractivity contribution in [2.45, 2.75) is 13.8 Å². The number of halogens is 2. The number of hydrogen-bond donors (Lipinski definition) is 0. The quantitative estimate of drug-likeness (QED) is 0.700. The molecule has 0 saturated heterocycles. The molecule has 3 heteroatoms. The number of carbonyl (C=O) groups is 1. The Labute approximate surface area is 87.4 Å². The molecule has 0 atom stereocenters. The minimum absolute atomic E-state index is 0.0698. The first kappa shape index (κ1) is 11.6. The molecule has 80 valence electrons. The van der Waals surface area contributed by atoms with Crippen LogP contribution in [0.4, 0.5) is 8.78 Å². The summed E-state index contributed by atoms with van der Waals surface area (Å²) in [5.74, 6) is -1.47. The lowest BCUT2D eigenvalue weighted by Gasteiger charge is -1.98. The normalized spacial score (nSPS) is 11.3. The first-order valence-corrected chi connectivity index (χ1v) is 4.67. The van der Waals surface area contributed by atoms with Gasteiger partial charge in [0.15, 0.2) is 5.78 Å². The zero-order valence-electron chi connectivity index (χ0n) is 8.63. The maximum absolute atomic E-state index is 12.8. The van der Waals surface area contributed by atoms with Crippen molar-refractivity contribution < 1.29 is 13.6 Å². The second kappa shape index (κ2) is 4.82. The first-order chi connectivity index (χ1) is 6.99. The van der Waals surface area contributed by atoms with Gasteiger partial charge in [0, 0.05) is 12.0 Å². The molecule has 15 heavy (non-hydrogen) atoms. The van der Waals surface area contributed by atoms with Crippen LogP contribution in [0.5, 0.6) is 0 Å². The number of allylic oxidation sites excluding steroid dienone is 1. The average Bonchev–Trinajstić information content (AvgIpc) is 2.12. The van der Waals surface area contributed by atoms with Crippen molar-refractivity contribution in [2.75, 3.05) is 0 Å². The fraction of sp³-hybridized carbons (Fsp3) is 0.250. The van der Waals surface area contributed by atoms with Gasteiger partial charge in [-0.3, -0.25) is 4.79 Å². The fourth-order valence-electron chi connectivity index (χ4n) is 1.04. The molecule has 0 fully saturated rings. The van der Waals surface area contributed by atoms with Gasteiger partial charge in [-0.2, -0.15) is 0 Å². The van der Waals surface area contributed by atoms with Gasteiger partial charge >= 0.3 is 0 Å². The molecule has 0 aromatic heterocycles. The lowest BCUT2D eigenvalue weighted by molar-refractivity contribution is -0.117. The van der Waals surface area contributed by atoms with Crippen LogP contribution in [0.25, 0.3) is 6.08 Å². The SMILES string of the molecule is CC(C)C(=O)/C=C/c1cc(F)cc(F)c1. The highest BCUT2D eigenvalue weighted by Gasteiger charge is 2.02. The van der Waals surface area contributed by atoms with Crippen molar-refractivity contribution in [1.29, 1.82) is 0 Å². The Bertz CT molecular complexity index is 374. The number of hydrogen-bond acceptors (Lipinski definition) is 1. The maximum Gasteiger partial charge on any atom is 0.158 e. The summed E-state index contributed by atoms with van der Waals surface area (Å²) in [6.07, 6.45) is 2.74. The zero-order valence-corrected chi connectivity index (χ0v) is 8.63. The van der Waals surface area contributed by atoms with E-state index in [4.69, 9.17) is 0 Å². The molecule has 0 aliphatic carbocycles. The van der Waals surface area contributed by atoms with Crippen molar-refractivity contribution in [3.8, 4) is 0 Å². The van der Waals surface area contributed by atoms with E-state index in [1.165, 1.54) is 24.3 Å². The van der Waals surface area contributed by atoms with E-state index in [-0.39, 0.29) is 11.7 Å². The third-order valence-corrected chi connectivity index (χ3v) is 1.89. The molecule has 0 amide bonds. The minimum Gasteiger partial charge on any atom is -0.295 e. The molecule has 0 N–H and O–H groups in total. The largest absolute Gasteiger partial charge is 0.295 e. The Morgan fingerprint density at radius 1 is 1.20 bits per heavy atom. The standard InChI is InChI=1S/C12H12F2O/c1-8(2)12(15)4-3-9-5-10(13)7-11(14)6-9/h3-8H,1-2H3/b4-3+. The van der Waals surface area contributed by atoms with Crippen LogP contribution in [-0.2, 0) is 4.79 Å². The van der Waals surface area contributed by atoms with Crippen LogP contribution >= 0.6 is 0 Å². The molecule has 1 nitrogen and oxygen atoms in total. The van der Waals surface area contributed by atoms with Crippen molar-refractivity contribution >= 4 is 11.9 Å². The highest BCUT2D eigenvalue weighted by atomic mass is 19.1. The summed E-state index contributed by atoms with van der Waals surface area (Å²) in [4.78, 5) is 11.2. The van der Waals surface area contributed by atoms with Gasteiger partial charge in [0.05, 0.1) is 0 Å². The van der Waals surface area contributed by atoms with Gasteiger partial charge in [0.1, 0.15) is 11.6 Å².